The van der Waals surface area contributed by atoms with Crippen molar-refractivity contribution in [1.29, 1.82) is 5.41 Å². The summed E-state index contributed by atoms with van der Waals surface area (Å²) >= 11 is 0. The molecule has 0 spiro atoms. The zero-order chi connectivity index (χ0) is 30.9. The minimum absolute atomic E-state index is 0.0182. The fourth-order valence-corrected chi connectivity index (χ4v) is 5.28. The second-order valence-corrected chi connectivity index (χ2v) is 10.2. The molecule has 3 rings (SSSR count). The maximum Gasteiger partial charge on any atom is 0.272 e. The first kappa shape index (κ1) is 30.7. The monoisotopic (exact) mass is 565 g/mol. The molecule has 41 heavy (non-hydrogen) atoms. The molecule has 0 aliphatic carbocycles. The van der Waals surface area contributed by atoms with Crippen LogP contribution in [0, 0.1) is 47.0 Å². The van der Waals surface area contributed by atoms with Crippen molar-refractivity contribution in [2.75, 3.05) is 22.5 Å². The Labute approximate surface area is 239 Å². The summed E-state index contributed by atoms with van der Waals surface area (Å²) in [5, 5.41) is 18.7. The maximum absolute atomic E-state index is 13.6. The number of carbonyl (C=O) groups excluding carboxylic acids is 4. The van der Waals surface area contributed by atoms with Gasteiger partial charge in [0, 0.05) is 67.9 Å². The van der Waals surface area contributed by atoms with Crippen LogP contribution in [0.1, 0.15) is 71.7 Å². The second kappa shape index (κ2) is 11.7. The van der Waals surface area contributed by atoms with Gasteiger partial charge >= 0.3 is 0 Å². The van der Waals surface area contributed by atoms with Crippen LogP contribution in [-0.4, -0.2) is 50.2 Å². The normalized spacial score (nSPS) is 10.9. The minimum atomic E-state index is -0.391. The molecule has 3 heterocycles. The number of hydrogen-bond acceptors (Lipinski definition) is 5. The van der Waals surface area contributed by atoms with Crippen LogP contribution in [-0.2, 0) is 25.9 Å². The van der Waals surface area contributed by atoms with Gasteiger partial charge in [0.15, 0.2) is 0 Å². The first-order valence-corrected chi connectivity index (χ1v) is 13.1. The Balaban J connectivity index is 1.92. The van der Waals surface area contributed by atoms with E-state index >= 15 is 0 Å². The van der Waals surface area contributed by atoms with Gasteiger partial charge in [0.1, 0.15) is 17.1 Å². The number of anilines is 3. The molecule has 220 valence electrons. The highest BCUT2D eigenvalue weighted by Gasteiger charge is 2.28. The number of rotatable bonds is 10. The van der Waals surface area contributed by atoms with Crippen molar-refractivity contribution in [3.05, 3.63) is 50.9 Å². The Kier molecular flexibility index (Phi) is 8.80. The van der Waals surface area contributed by atoms with Crippen LogP contribution in [0.3, 0.4) is 0 Å². The SMILES string of the molecule is Cc1c(NC=O)c(C)n(C)c1C(=O)Nc1c(C)c(C(=O)Nc2c(C)c(C(=O)NCCC(=N)N)n(C)c2C)n(C)c1C. The number of nitrogens with two attached hydrogens (primary N) is 1. The quantitative estimate of drug-likeness (QED) is 0.125. The van der Waals surface area contributed by atoms with Crippen LogP contribution in [0.15, 0.2) is 0 Å². The molecular weight excluding hydrogens is 526 g/mol. The molecule has 7 N–H and O–H groups in total. The van der Waals surface area contributed by atoms with E-state index in [1.54, 1.807) is 55.6 Å². The lowest BCUT2D eigenvalue weighted by Crippen LogP contribution is -2.29. The number of amidine groups is 1. The molecule has 0 atom stereocenters. The summed E-state index contributed by atoms with van der Waals surface area (Å²) in [6, 6.07) is 0. The molecule has 13 heteroatoms. The zero-order valence-electron chi connectivity index (χ0n) is 25.0. The van der Waals surface area contributed by atoms with Gasteiger partial charge in [0.05, 0.1) is 22.9 Å². The third kappa shape index (κ3) is 5.47. The van der Waals surface area contributed by atoms with Crippen LogP contribution in [0.2, 0.25) is 0 Å². The Morgan fingerprint density at radius 1 is 0.707 bits per heavy atom. The van der Waals surface area contributed by atoms with Crippen molar-refractivity contribution in [3.63, 3.8) is 0 Å². The molecule has 0 aliphatic heterocycles. The summed E-state index contributed by atoms with van der Waals surface area (Å²) in [5.41, 5.74) is 12.1. The third-order valence-corrected chi connectivity index (χ3v) is 7.80. The highest BCUT2D eigenvalue weighted by molar-refractivity contribution is 6.10. The molecule has 0 saturated carbocycles. The molecule has 0 unspecified atom stereocenters. The highest BCUT2D eigenvalue weighted by atomic mass is 16.2. The van der Waals surface area contributed by atoms with Gasteiger partial charge in [-0.05, 0) is 41.5 Å². The van der Waals surface area contributed by atoms with Crippen LogP contribution in [0.5, 0.6) is 0 Å². The Morgan fingerprint density at radius 2 is 1.07 bits per heavy atom. The first-order valence-electron chi connectivity index (χ1n) is 13.1. The van der Waals surface area contributed by atoms with Gasteiger partial charge in [-0.3, -0.25) is 24.6 Å². The van der Waals surface area contributed by atoms with Gasteiger partial charge in [-0.2, -0.15) is 0 Å². The van der Waals surface area contributed by atoms with Crippen molar-refractivity contribution in [1.82, 2.24) is 19.0 Å². The van der Waals surface area contributed by atoms with Gasteiger partial charge < -0.3 is 40.7 Å². The average molecular weight is 566 g/mol. The summed E-state index contributed by atoms with van der Waals surface area (Å²) in [6.45, 7) is 10.9. The number of nitrogens with zero attached hydrogens (tertiary/aromatic N) is 3. The Morgan fingerprint density at radius 3 is 1.46 bits per heavy atom. The molecule has 13 nitrogen and oxygen atoms in total. The highest BCUT2D eigenvalue weighted by Crippen LogP contribution is 2.32. The molecule has 0 aromatic carbocycles. The summed E-state index contributed by atoms with van der Waals surface area (Å²) in [4.78, 5) is 50.9. The van der Waals surface area contributed by atoms with E-state index in [0.29, 0.717) is 68.6 Å². The fourth-order valence-electron chi connectivity index (χ4n) is 5.28. The van der Waals surface area contributed by atoms with Crippen LogP contribution in [0.4, 0.5) is 17.1 Å². The summed E-state index contributed by atoms with van der Waals surface area (Å²) in [6.07, 6.45) is 0.816. The molecule has 3 aromatic rings. The number of amides is 4. The van der Waals surface area contributed by atoms with E-state index in [1.807, 2.05) is 20.8 Å². The molecule has 0 aliphatic rings. The lowest BCUT2D eigenvalue weighted by Gasteiger charge is -2.10. The Hall–Kier alpha value is -4.81. The topological polar surface area (TPSA) is 181 Å². The van der Waals surface area contributed by atoms with Crippen LogP contribution >= 0.6 is 0 Å². The van der Waals surface area contributed by atoms with E-state index in [9.17, 15) is 19.2 Å². The zero-order valence-corrected chi connectivity index (χ0v) is 25.0. The predicted octanol–water partition coefficient (Wildman–Crippen LogP) is 2.68. The molecular formula is C28H39N9O4. The second-order valence-electron chi connectivity index (χ2n) is 10.2. The van der Waals surface area contributed by atoms with E-state index in [0.717, 1.165) is 5.69 Å². The van der Waals surface area contributed by atoms with Crippen molar-refractivity contribution in [3.8, 4) is 0 Å². The van der Waals surface area contributed by atoms with E-state index in [-0.39, 0.29) is 30.6 Å². The maximum atomic E-state index is 13.6. The predicted molar refractivity (Wildman–Crippen MR) is 159 cm³/mol. The van der Waals surface area contributed by atoms with E-state index < -0.39 is 5.91 Å². The average Bonchev–Trinajstić information content (AvgIpc) is 3.34. The Bertz CT molecular complexity index is 1590. The minimum Gasteiger partial charge on any atom is -0.388 e. The summed E-state index contributed by atoms with van der Waals surface area (Å²) < 4.78 is 5.14. The summed E-state index contributed by atoms with van der Waals surface area (Å²) in [5.74, 6) is -1.11. The van der Waals surface area contributed by atoms with E-state index in [1.165, 1.54) is 0 Å². The summed E-state index contributed by atoms with van der Waals surface area (Å²) in [7, 11) is 5.24. The third-order valence-electron chi connectivity index (χ3n) is 7.80. The standard InChI is InChI=1S/C28H39N9O4/c1-13-20(32-12-38)16(4)35(7)24(13)27(40)34-22-15(3)25(37(9)18(22)6)28(41)33-21-14(2)23(36(8)17(21)5)26(39)31-11-10-19(29)30/h12H,10-11H2,1-9H3,(H3,29,30)(H,31,39)(H,32,38)(H,33,41)(H,34,40). The van der Waals surface area contributed by atoms with Gasteiger partial charge in [-0.25, -0.2) is 0 Å². The largest absolute Gasteiger partial charge is 0.388 e. The van der Waals surface area contributed by atoms with Gasteiger partial charge in [-0.1, -0.05) is 0 Å². The smallest absolute Gasteiger partial charge is 0.272 e. The number of hydrogen-bond donors (Lipinski definition) is 6. The van der Waals surface area contributed by atoms with E-state index in [2.05, 4.69) is 21.3 Å². The number of carbonyl (C=O) groups is 4. The lowest BCUT2D eigenvalue weighted by molar-refractivity contribution is -0.105. The molecule has 0 bridgehead atoms. The number of aromatic nitrogens is 3. The lowest BCUT2D eigenvalue weighted by atomic mass is 10.1. The van der Waals surface area contributed by atoms with E-state index in [4.69, 9.17) is 11.1 Å². The van der Waals surface area contributed by atoms with Gasteiger partial charge in [0.25, 0.3) is 17.7 Å². The molecule has 0 saturated heterocycles. The van der Waals surface area contributed by atoms with Crippen molar-refractivity contribution in [2.45, 2.75) is 48.0 Å². The van der Waals surface area contributed by atoms with Crippen LogP contribution in [0.25, 0.3) is 0 Å². The molecule has 3 aromatic heterocycles. The van der Waals surface area contributed by atoms with Crippen molar-refractivity contribution >= 4 is 47.0 Å². The molecule has 0 fully saturated rings. The van der Waals surface area contributed by atoms with Crippen molar-refractivity contribution < 1.29 is 19.2 Å². The van der Waals surface area contributed by atoms with Crippen molar-refractivity contribution in [2.24, 2.45) is 26.9 Å². The van der Waals surface area contributed by atoms with Gasteiger partial charge in [0.2, 0.25) is 6.41 Å². The fraction of sp³-hybridized carbons (Fsp3) is 0.393. The van der Waals surface area contributed by atoms with Crippen LogP contribution < -0.4 is 27.0 Å². The molecule has 0 radical (unpaired) electrons. The van der Waals surface area contributed by atoms with Gasteiger partial charge in [-0.15, -0.1) is 0 Å². The number of nitrogens with one attached hydrogen (secondary N) is 5. The molecule has 4 amide bonds. The first-order chi connectivity index (χ1) is 19.1.